The fraction of sp³-hybridized carbons (Fsp3) is 0.167. The van der Waals surface area contributed by atoms with Gasteiger partial charge in [-0.2, -0.15) is 0 Å². The standard InChI is InChI=1S/C18H15BrN2O4S/c1-11-5-6-14(25-11)16(22)20-7-8-21-17(23)15(26-18(21)24)10-12-3-2-4-13(19)9-12/h2-6,9-10H,7-8H2,1H3,(H,20,22)/b15-10+. The number of furan rings is 1. The van der Waals surface area contributed by atoms with Gasteiger partial charge in [-0.1, -0.05) is 28.1 Å². The first kappa shape index (κ1) is 18.5. The number of nitrogens with zero attached hydrogens (tertiary/aromatic N) is 1. The molecule has 0 spiro atoms. The number of rotatable bonds is 5. The summed E-state index contributed by atoms with van der Waals surface area (Å²) in [5.74, 6) is 0.0998. The van der Waals surface area contributed by atoms with E-state index < -0.39 is 0 Å². The molecule has 0 saturated carbocycles. The average molecular weight is 435 g/mol. The van der Waals surface area contributed by atoms with E-state index in [1.165, 1.54) is 0 Å². The molecule has 0 radical (unpaired) electrons. The molecule has 0 unspecified atom stereocenters. The predicted molar refractivity (Wildman–Crippen MR) is 103 cm³/mol. The first-order valence-corrected chi connectivity index (χ1v) is 9.40. The minimum Gasteiger partial charge on any atom is -0.456 e. The second kappa shape index (κ2) is 7.92. The Hall–Kier alpha value is -2.32. The molecule has 1 aliphatic rings. The second-order valence-electron chi connectivity index (χ2n) is 5.55. The summed E-state index contributed by atoms with van der Waals surface area (Å²) in [6, 6.07) is 10.7. The van der Waals surface area contributed by atoms with E-state index in [-0.39, 0.29) is 35.9 Å². The Morgan fingerprint density at radius 2 is 2.12 bits per heavy atom. The summed E-state index contributed by atoms with van der Waals surface area (Å²) in [6.45, 7) is 2.00. The van der Waals surface area contributed by atoms with E-state index in [4.69, 9.17) is 4.42 Å². The number of nitrogens with one attached hydrogen (secondary N) is 1. The zero-order chi connectivity index (χ0) is 18.7. The molecule has 0 atom stereocenters. The van der Waals surface area contributed by atoms with Crippen LogP contribution in [0, 0.1) is 6.92 Å². The smallest absolute Gasteiger partial charge is 0.293 e. The second-order valence-corrected chi connectivity index (χ2v) is 7.46. The van der Waals surface area contributed by atoms with Crippen LogP contribution >= 0.6 is 27.7 Å². The average Bonchev–Trinajstić information content (AvgIpc) is 3.13. The molecule has 0 aliphatic carbocycles. The minimum absolute atomic E-state index is 0.103. The summed E-state index contributed by atoms with van der Waals surface area (Å²) in [4.78, 5) is 37.9. The van der Waals surface area contributed by atoms with Crippen molar-refractivity contribution in [3.8, 4) is 0 Å². The highest BCUT2D eigenvalue weighted by molar-refractivity contribution is 9.10. The predicted octanol–water partition coefficient (Wildman–Crippen LogP) is 3.82. The third kappa shape index (κ3) is 4.25. The molecule has 3 rings (SSSR count). The molecule has 2 aromatic rings. The van der Waals surface area contributed by atoms with E-state index in [9.17, 15) is 14.4 Å². The van der Waals surface area contributed by atoms with Crippen molar-refractivity contribution in [3.63, 3.8) is 0 Å². The van der Waals surface area contributed by atoms with E-state index in [1.54, 1.807) is 25.1 Å². The Bertz CT molecular complexity index is 906. The van der Waals surface area contributed by atoms with Crippen LogP contribution in [0.2, 0.25) is 0 Å². The molecular weight excluding hydrogens is 420 g/mol. The lowest BCUT2D eigenvalue weighted by molar-refractivity contribution is -0.122. The SMILES string of the molecule is Cc1ccc(C(=O)NCCN2C(=O)S/C(=C/c3cccc(Br)c3)C2=O)o1. The van der Waals surface area contributed by atoms with Crippen LogP contribution in [0.25, 0.3) is 6.08 Å². The van der Waals surface area contributed by atoms with Gasteiger partial charge in [0.2, 0.25) is 0 Å². The van der Waals surface area contributed by atoms with Crippen molar-refractivity contribution in [3.05, 3.63) is 62.9 Å². The first-order valence-electron chi connectivity index (χ1n) is 7.79. The molecule has 6 nitrogen and oxygen atoms in total. The van der Waals surface area contributed by atoms with Crippen molar-refractivity contribution in [2.24, 2.45) is 0 Å². The molecule has 26 heavy (non-hydrogen) atoms. The minimum atomic E-state index is -0.380. The van der Waals surface area contributed by atoms with Crippen molar-refractivity contribution in [1.29, 1.82) is 0 Å². The molecule has 1 N–H and O–H groups in total. The van der Waals surface area contributed by atoms with Gasteiger partial charge in [0.15, 0.2) is 5.76 Å². The van der Waals surface area contributed by atoms with Crippen LogP contribution in [0.5, 0.6) is 0 Å². The Labute approximate surface area is 162 Å². The van der Waals surface area contributed by atoms with Gasteiger partial charge in [-0.3, -0.25) is 19.3 Å². The van der Waals surface area contributed by atoms with Crippen LogP contribution in [0.3, 0.4) is 0 Å². The number of amides is 3. The van der Waals surface area contributed by atoms with Crippen LogP contribution in [0.1, 0.15) is 21.9 Å². The molecule has 8 heteroatoms. The monoisotopic (exact) mass is 434 g/mol. The van der Waals surface area contributed by atoms with Crippen LogP contribution < -0.4 is 5.32 Å². The van der Waals surface area contributed by atoms with Crippen LogP contribution in [-0.2, 0) is 4.79 Å². The lowest BCUT2D eigenvalue weighted by Gasteiger charge is -2.12. The molecular formula is C18H15BrN2O4S. The molecule has 1 aromatic carbocycles. The molecule has 1 saturated heterocycles. The highest BCUT2D eigenvalue weighted by Crippen LogP contribution is 2.32. The van der Waals surface area contributed by atoms with Gasteiger partial charge in [0, 0.05) is 17.6 Å². The first-order chi connectivity index (χ1) is 12.4. The molecule has 134 valence electrons. The van der Waals surface area contributed by atoms with Crippen molar-refractivity contribution in [1.82, 2.24) is 10.2 Å². The van der Waals surface area contributed by atoms with E-state index in [0.717, 1.165) is 26.7 Å². The summed E-state index contributed by atoms with van der Waals surface area (Å²) < 4.78 is 6.12. The number of halogens is 1. The van der Waals surface area contributed by atoms with Crippen molar-refractivity contribution >= 4 is 50.8 Å². The lowest BCUT2D eigenvalue weighted by atomic mass is 10.2. The maximum absolute atomic E-state index is 12.4. The number of thioether (sulfide) groups is 1. The number of hydrogen-bond donors (Lipinski definition) is 1. The zero-order valence-corrected chi connectivity index (χ0v) is 16.2. The number of imide groups is 1. The largest absolute Gasteiger partial charge is 0.456 e. The quantitative estimate of drug-likeness (QED) is 0.723. The molecule has 3 amide bonds. The highest BCUT2D eigenvalue weighted by Gasteiger charge is 2.34. The Morgan fingerprint density at radius 1 is 1.31 bits per heavy atom. The topological polar surface area (TPSA) is 79.6 Å². The maximum atomic E-state index is 12.4. The van der Waals surface area contributed by atoms with E-state index in [2.05, 4.69) is 21.2 Å². The number of carbonyl (C=O) groups is 3. The van der Waals surface area contributed by atoms with Crippen molar-refractivity contribution in [2.75, 3.05) is 13.1 Å². The van der Waals surface area contributed by atoms with Crippen molar-refractivity contribution < 1.29 is 18.8 Å². The van der Waals surface area contributed by atoms with Crippen LogP contribution in [0.15, 0.2) is 50.2 Å². The van der Waals surface area contributed by atoms with Gasteiger partial charge in [-0.25, -0.2) is 0 Å². The molecule has 2 heterocycles. The Morgan fingerprint density at radius 3 is 2.81 bits per heavy atom. The van der Waals surface area contributed by atoms with Gasteiger partial charge >= 0.3 is 0 Å². The Balaban J connectivity index is 1.60. The summed E-state index contributed by atoms with van der Waals surface area (Å²) in [7, 11) is 0. The molecule has 1 aliphatic heterocycles. The highest BCUT2D eigenvalue weighted by atomic mass is 79.9. The van der Waals surface area contributed by atoms with Gasteiger partial charge < -0.3 is 9.73 Å². The van der Waals surface area contributed by atoms with Crippen LogP contribution in [-0.4, -0.2) is 35.0 Å². The fourth-order valence-electron chi connectivity index (χ4n) is 2.37. The third-order valence-electron chi connectivity index (χ3n) is 3.61. The summed E-state index contributed by atoms with van der Waals surface area (Å²) in [5.41, 5.74) is 0.825. The number of carbonyl (C=O) groups excluding carboxylic acids is 3. The van der Waals surface area contributed by atoms with Gasteiger partial charge in [0.25, 0.3) is 17.1 Å². The maximum Gasteiger partial charge on any atom is 0.293 e. The zero-order valence-electron chi connectivity index (χ0n) is 13.8. The summed E-state index contributed by atoms with van der Waals surface area (Å²) in [6.07, 6.45) is 1.68. The van der Waals surface area contributed by atoms with Gasteiger partial charge in [0.1, 0.15) is 5.76 Å². The third-order valence-corrected chi connectivity index (χ3v) is 5.01. The Kier molecular flexibility index (Phi) is 5.63. The summed E-state index contributed by atoms with van der Waals surface area (Å²) in [5, 5.41) is 2.29. The van der Waals surface area contributed by atoms with Gasteiger partial charge in [-0.15, -0.1) is 0 Å². The number of benzene rings is 1. The van der Waals surface area contributed by atoms with E-state index in [0.29, 0.717) is 10.7 Å². The lowest BCUT2D eigenvalue weighted by Crippen LogP contribution is -2.37. The van der Waals surface area contributed by atoms with Gasteiger partial charge in [0.05, 0.1) is 4.91 Å². The van der Waals surface area contributed by atoms with E-state index in [1.807, 2.05) is 24.3 Å². The summed E-state index contributed by atoms with van der Waals surface area (Å²) >= 11 is 4.27. The normalized spacial score (nSPS) is 15.8. The molecule has 0 bridgehead atoms. The van der Waals surface area contributed by atoms with Gasteiger partial charge in [-0.05, 0) is 54.6 Å². The van der Waals surface area contributed by atoms with Crippen LogP contribution in [0.4, 0.5) is 4.79 Å². The van der Waals surface area contributed by atoms with E-state index >= 15 is 0 Å². The number of aryl methyl sites for hydroxylation is 1. The molecule has 1 aromatic heterocycles. The molecule has 1 fully saturated rings. The fourth-order valence-corrected chi connectivity index (χ4v) is 3.65. The number of hydrogen-bond acceptors (Lipinski definition) is 5. The van der Waals surface area contributed by atoms with Crippen molar-refractivity contribution in [2.45, 2.75) is 6.92 Å².